The first-order chi connectivity index (χ1) is 11.7. The molecule has 1 amide bonds. The van der Waals surface area contributed by atoms with E-state index in [1.807, 2.05) is 66.4 Å². The van der Waals surface area contributed by atoms with Crippen molar-refractivity contribution in [2.75, 3.05) is 6.54 Å². The van der Waals surface area contributed by atoms with Gasteiger partial charge < -0.3 is 9.32 Å². The van der Waals surface area contributed by atoms with Crippen LogP contribution >= 0.6 is 0 Å². The molecule has 0 N–H and O–H groups in total. The van der Waals surface area contributed by atoms with Crippen molar-refractivity contribution in [3.05, 3.63) is 95.4 Å². The van der Waals surface area contributed by atoms with Gasteiger partial charge in [-0.15, -0.1) is 0 Å². The topological polar surface area (TPSA) is 33.5 Å². The molecule has 3 rings (SSSR count). The predicted molar refractivity (Wildman–Crippen MR) is 94.8 cm³/mol. The molecule has 0 radical (unpaired) electrons. The maximum atomic E-state index is 12.8. The molecule has 3 aromatic rings. The highest BCUT2D eigenvalue weighted by Crippen LogP contribution is 2.14. The molecule has 122 valence electrons. The molecule has 1 heterocycles. The summed E-state index contributed by atoms with van der Waals surface area (Å²) in [5.41, 5.74) is 2.33. The minimum absolute atomic E-state index is 0.0668. The molecule has 0 aliphatic carbocycles. The molecule has 3 nitrogen and oxygen atoms in total. The summed E-state index contributed by atoms with van der Waals surface area (Å²) in [5, 5.41) is 0. The van der Waals surface area contributed by atoms with Gasteiger partial charge >= 0.3 is 0 Å². The second kappa shape index (κ2) is 7.64. The maximum Gasteiger partial charge on any atom is 0.289 e. The van der Waals surface area contributed by atoms with Crippen molar-refractivity contribution in [2.24, 2.45) is 0 Å². The smallest absolute Gasteiger partial charge is 0.289 e. The average molecular weight is 319 g/mol. The summed E-state index contributed by atoms with van der Waals surface area (Å²) < 4.78 is 5.52. The Morgan fingerprint density at radius 1 is 0.875 bits per heavy atom. The third-order valence-corrected chi connectivity index (χ3v) is 3.97. The van der Waals surface area contributed by atoms with Crippen LogP contribution in [0.3, 0.4) is 0 Å². The van der Waals surface area contributed by atoms with Crippen molar-refractivity contribution in [3.8, 4) is 0 Å². The molecular formula is C21H21NO2. The zero-order chi connectivity index (χ0) is 16.8. The molecule has 0 aliphatic rings. The summed E-state index contributed by atoms with van der Waals surface area (Å²) in [6, 6.07) is 23.8. The molecule has 0 unspecified atom stereocenters. The minimum Gasteiger partial charge on any atom is -0.456 e. The lowest BCUT2D eigenvalue weighted by Crippen LogP contribution is -2.32. The number of amides is 1. The Morgan fingerprint density at radius 2 is 1.50 bits per heavy atom. The summed E-state index contributed by atoms with van der Waals surface area (Å²) in [5.74, 6) is 1.08. The molecule has 0 saturated carbocycles. The number of carbonyl (C=O) groups is 1. The SMILES string of the molecule is Cc1ccc(C(=O)N(CCc2ccccc2)Cc2ccccc2)o1. The fraction of sp³-hybridized carbons (Fsp3) is 0.190. The van der Waals surface area contributed by atoms with E-state index in [2.05, 4.69) is 12.1 Å². The Kier molecular flexibility index (Phi) is 5.12. The van der Waals surface area contributed by atoms with Gasteiger partial charge in [0.05, 0.1) is 0 Å². The van der Waals surface area contributed by atoms with Crippen LogP contribution in [0.25, 0.3) is 0 Å². The van der Waals surface area contributed by atoms with E-state index in [-0.39, 0.29) is 5.91 Å². The molecule has 0 aliphatic heterocycles. The fourth-order valence-corrected chi connectivity index (χ4v) is 2.67. The van der Waals surface area contributed by atoms with Crippen LogP contribution in [0.4, 0.5) is 0 Å². The summed E-state index contributed by atoms with van der Waals surface area (Å²) in [6.07, 6.45) is 0.819. The second-order valence-electron chi connectivity index (χ2n) is 5.86. The van der Waals surface area contributed by atoms with Gasteiger partial charge in [-0.2, -0.15) is 0 Å². The van der Waals surface area contributed by atoms with Gasteiger partial charge in [-0.25, -0.2) is 0 Å². The van der Waals surface area contributed by atoms with Crippen LogP contribution in [-0.2, 0) is 13.0 Å². The van der Waals surface area contributed by atoms with Crippen LogP contribution in [0, 0.1) is 6.92 Å². The molecule has 2 aromatic carbocycles. The molecule has 0 spiro atoms. The van der Waals surface area contributed by atoms with E-state index in [4.69, 9.17) is 4.42 Å². The number of furan rings is 1. The normalized spacial score (nSPS) is 10.5. The van der Waals surface area contributed by atoms with Crippen LogP contribution < -0.4 is 0 Å². The first-order valence-electron chi connectivity index (χ1n) is 8.16. The first-order valence-corrected chi connectivity index (χ1v) is 8.16. The standard InChI is InChI=1S/C21H21NO2/c1-17-12-13-20(24-17)21(23)22(16-19-10-6-3-7-11-19)15-14-18-8-4-2-5-9-18/h2-13H,14-16H2,1H3. The predicted octanol–water partition coefficient (Wildman–Crippen LogP) is 4.47. The van der Waals surface area contributed by atoms with Gasteiger partial charge in [-0.3, -0.25) is 4.79 Å². The van der Waals surface area contributed by atoms with Crippen LogP contribution in [-0.4, -0.2) is 17.4 Å². The quantitative estimate of drug-likeness (QED) is 0.671. The van der Waals surface area contributed by atoms with E-state index in [0.29, 0.717) is 18.8 Å². The Labute approximate surface area is 142 Å². The van der Waals surface area contributed by atoms with Gasteiger partial charge in [-0.05, 0) is 36.6 Å². The Balaban J connectivity index is 1.76. The van der Waals surface area contributed by atoms with Crippen molar-refractivity contribution in [1.82, 2.24) is 4.90 Å². The molecule has 3 heteroatoms. The fourth-order valence-electron chi connectivity index (χ4n) is 2.67. The van der Waals surface area contributed by atoms with E-state index in [0.717, 1.165) is 17.7 Å². The zero-order valence-electron chi connectivity index (χ0n) is 13.8. The van der Waals surface area contributed by atoms with Gasteiger partial charge in [0.15, 0.2) is 5.76 Å². The Hall–Kier alpha value is -2.81. The van der Waals surface area contributed by atoms with E-state index in [1.54, 1.807) is 6.07 Å². The Bertz CT molecular complexity index is 778. The van der Waals surface area contributed by atoms with Gasteiger partial charge in [0.1, 0.15) is 5.76 Å². The largest absolute Gasteiger partial charge is 0.456 e. The molecule has 0 atom stereocenters. The summed E-state index contributed by atoms with van der Waals surface area (Å²) in [7, 11) is 0. The maximum absolute atomic E-state index is 12.8. The van der Waals surface area contributed by atoms with Crippen LogP contribution in [0.2, 0.25) is 0 Å². The summed E-state index contributed by atoms with van der Waals surface area (Å²) >= 11 is 0. The zero-order valence-corrected chi connectivity index (χ0v) is 13.8. The van der Waals surface area contributed by atoms with Crippen LogP contribution in [0.15, 0.2) is 77.2 Å². The molecule has 0 fully saturated rings. The van der Waals surface area contributed by atoms with Crippen molar-refractivity contribution < 1.29 is 9.21 Å². The van der Waals surface area contributed by atoms with E-state index >= 15 is 0 Å². The number of nitrogens with zero attached hydrogens (tertiary/aromatic N) is 1. The molecule has 24 heavy (non-hydrogen) atoms. The first kappa shape index (κ1) is 16.1. The Morgan fingerprint density at radius 3 is 2.08 bits per heavy atom. The number of carbonyl (C=O) groups excluding carboxylic acids is 1. The number of aryl methyl sites for hydroxylation is 1. The average Bonchev–Trinajstić information content (AvgIpc) is 3.06. The lowest BCUT2D eigenvalue weighted by Gasteiger charge is -2.22. The van der Waals surface area contributed by atoms with Crippen molar-refractivity contribution in [2.45, 2.75) is 19.9 Å². The van der Waals surface area contributed by atoms with Gasteiger partial charge in [-0.1, -0.05) is 60.7 Å². The van der Waals surface area contributed by atoms with Crippen LogP contribution in [0.5, 0.6) is 0 Å². The van der Waals surface area contributed by atoms with Gasteiger partial charge in [0.2, 0.25) is 0 Å². The third-order valence-electron chi connectivity index (χ3n) is 3.97. The highest BCUT2D eigenvalue weighted by molar-refractivity contribution is 5.91. The molecule has 1 aromatic heterocycles. The van der Waals surface area contributed by atoms with Crippen molar-refractivity contribution >= 4 is 5.91 Å². The molecule has 0 bridgehead atoms. The van der Waals surface area contributed by atoms with E-state index in [9.17, 15) is 4.79 Å². The lowest BCUT2D eigenvalue weighted by atomic mass is 10.1. The number of rotatable bonds is 6. The second-order valence-corrected chi connectivity index (χ2v) is 5.86. The molecule has 0 saturated heterocycles. The lowest BCUT2D eigenvalue weighted by molar-refractivity contribution is 0.0711. The highest BCUT2D eigenvalue weighted by Gasteiger charge is 2.19. The summed E-state index contributed by atoms with van der Waals surface area (Å²) in [4.78, 5) is 14.7. The number of hydrogen-bond donors (Lipinski definition) is 0. The van der Waals surface area contributed by atoms with E-state index in [1.165, 1.54) is 5.56 Å². The number of hydrogen-bond acceptors (Lipinski definition) is 2. The van der Waals surface area contributed by atoms with Gasteiger partial charge in [0.25, 0.3) is 5.91 Å². The third kappa shape index (κ3) is 4.13. The molecular weight excluding hydrogens is 298 g/mol. The van der Waals surface area contributed by atoms with Gasteiger partial charge in [0, 0.05) is 13.1 Å². The number of benzene rings is 2. The highest BCUT2D eigenvalue weighted by atomic mass is 16.3. The minimum atomic E-state index is -0.0668. The van der Waals surface area contributed by atoms with Crippen molar-refractivity contribution in [3.63, 3.8) is 0 Å². The monoisotopic (exact) mass is 319 g/mol. The van der Waals surface area contributed by atoms with E-state index < -0.39 is 0 Å². The van der Waals surface area contributed by atoms with Crippen LogP contribution in [0.1, 0.15) is 27.4 Å². The summed E-state index contributed by atoms with van der Waals surface area (Å²) in [6.45, 7) is 3.08. The van der Waals surface area contributed by atoms with Crippen molar-refractivity contribution in [1.29, 1.82) is 0 Å².